The summed E-state index contributed by atoms with van der Waals surface area (Å²) in [6.45, 7) is 0. The van der Waals surface area contributed by atoms with Gasteiger partial charge < -0.3 is 10.5 Å². The molecule has 0 saturated heterocycles. The summed E-state index contributed by atoms with van der Waals surface area (Å²) in [4.78, 5) is 35.4. The smallest absolute Gasteiger partial charge is 0.307 e. The molecule has 1 atom stereocenters. The van der Waals surface area contributed by atoms with Crippen molar-refractivity contribution in [3.63, 3.8) is 0 Å². The highest BCUT2D eigenvalue weighted by atomic mass is 35.5. The van der Waals surface area contributed by atoms with Crippen molar-refractivity contribution in [2.45, 2.75) is 18.9 Å². The van der Waals surface area contributed by atoms with Crippen LogP contribution in [0.4, 0.5) is 0 Å². The second-order valence-electron chi connectivity index (χ2n) is 5.11. The fourth-order valence-electron chi connectivity index (χ4n) is 2.10. The van der Waals surface area contributed by atoms with Gasteiger partial charge in [-0.2, -0.15) is 0 Å². The largest absolute Gasteiger partial charge is 0.447 e. The maximum absolute atomic E-state index is 12.0. The van der Waals surface area contributed by atoms with Gasteiger partial charge in [0, 0.05) is 22.6 Å². The molecule has 2 aromatic carbocycles. The number of amides is 1. The van der Waals surface area contributed by atoms with Crippen LogP contribution in [0.3, 0.4) is 0 Å². The molecule has 0 radical (unpaired) electrons. The molecule has 0 aromatic heterocycles. The SMILES string of the molecule is NC(=O)[C@H](OC(=O)CCC(=O)c1ccc(Cl)cc1)c1ccccc1. The molecule has 5 nitrogen and oxygen atoms in total. The van der Waals surface area contributed by atoms with Crippen LogP contribution in [0.5, 0.6) is 0 Å². The van der Waals surface area contributed by atoms with Gasteiger partial charge in [-0.3, -0.25) is 14.4 Å². The normalized spacial score (nSPS) is 11.5. The van der Waals surface area contributed by atoms with E-state index in [0.717, 1.165) is 0 Å². The van der Waals surface area contributed by atoms with Crippen LogP contribution in [-0.4, -0.2) is 17.7 Å². The third-order valence-electron chi connectivity index (χ3n) is 3.33. The molecule has 0 aliphatic carbocycles. The van der Waals surface area contributed by atoms with Gasteiger partial charge in [0.2, 0.25) is 6.10 Å². The molecular formula is C18H16ClNO4. The Balaban J connectivity index is 1.93. The van der Waals surface area contributed by atoms with Crippen molar-refractivity contribution in [3.8, 4) is 0 Å². The molecule has 0 fully saturated rings. The molecular weight excluding hydrogens is 330 g/mol. The predicted molar refractivity (Wildman–Crippen MR) is 89.5 cm³/mol. The molecule has 2 rings (SSSR count). The number of benzene rings is 2. The first-order valence-electron chi connectivity index (χ1n) is 7.30. The third kappa shape index (κ3) is 4.93. The summed E-state index contributed by atoms with van der Waals surface area (Å²) in [5.41, 5.74) is 6.23. The van der Waals surface area contributed by atoms with E-state index >= 15 is 0 Å². The van der Waals surface area contributed by atoms with Crippen molar-refractivity contribution < 1.29 is 19.1 Å². The number of primary amides is 1. The number of halogens is 1. The zero-order valence-electron chi connectivity index (χ0n) is 12.8. The van der Waals surface area contributed by atoms with E-state index in [4.69, 9.17) is 22.1 Å². The molecule has 24 heavy (non-hydrogen) atoms. The van der Waals surface area contributed by atoms with Crippen LogP contribution >= 0.6 is 11.6 Å². The number of rotatable bonds is 7. The lowest BCUT2D eigenvalue weighted by Gasteiger charge is -2.14. The monoisotopic (exact) mass is 345 g/mol. The second kappa shape index (κ2) is 8.26. The highest BCUT2D eigenvalue weighted by molar-refractivity contribution is 6.30. The van der Waals surface area contributed by atoms with Crippen LogP contribution in [0, 0.1) is 0 Å². The summed E-state index contributed by atoms with van der Waals surface area (Å²) in [6, 6.07) is 14.9. The minimum absolute atomic E-state index is 0.0270. The second-order valence-corrected chi connectivity index (χ2v) is 5.55. The average Bonchev–Trinajstić information content (AvgIpc) is 2.58. The highest BCUT2D eigenvalue weighted by Gasteiger charge is 2.22. The fraction of sp³-hybridized carbons (Fsp3) is 0.167. The molecule has 2 aromatic rings. The fourth-order valence-corrected chi connectivity index (χ4v) is 2.23. The minimum Gasteiger partial charge on any atom is -0.447 e. The van der Waals surface area contributed by atoms with Gasteiger partial charge in [0.1, 0.15) is 0 Å². The molecule has 0 aliphatic heterocycles. The maximum Gasteiger partial charge on any atom is 0.307 e. The summed E-state index contributed by atoms with van der Waals surface area (Å²) in [6.07, 6.45) is -1.33. The summed E-state index contributed by atoms with van der Waals surface area (Å²) in [7, 11) is 0. The lowest BCUT2D eigenvalue weighted by atomic mass is 10.1. The van der Waals surface area contributed by atoms with E-state index in [0.29, 0.717) is 16.1 Å². The molecule has 0 saturated carbocycles. The number of nitrogens with two attached hydrogens (primary N) is 1. The number of carbonyl (C=O) groups is 3. The minimum atomic E-state index is -1.16. The van der Waals surface area contributed by atoms with Gasteiger partial charge >= 0.3 is 5.97 Å². The summed E-state index contributed by atoms with van der Waals surface area (Å²) < 4.78 is 5.12. The predicted octanol–water partition coefficient (Wildman–Crippen LogP) is 3.07. The number of ketones is 1. The standard InChI is InChI=1S/C18H16ClNO4/c19-14-8-6-12(7-9-14)15(21)10-11-16(22)24-17(18(20)23)13-4-2-1-3-5-13/h1-9,17H,10-11H2,(H2,20,23)/t17-/m1/s1. The Hall–Kier alpha value is -2.66. The number of carbonyl (C=O) groups excluding carboxylic acids is 3. The van der Waals surface area contributed by atoms with E-state index in [1.165, 1.54) is 0 Å². The molecule has 124 valence electrons. The number of ether oxygens (including phenoxy) is 1. The molecule has 6 heteroatoms. The molecule has 0 bridgehead atoms. The summed E-state index contributed by atoms with van der Waals surface area (Å²) in [5.74, 6) is -1.64. The molecule has 0 heterocycles. The van der Waals surface area contributed by atoms with Crippen LogP contribution in [0.25, 0.3) is 0 Å². The van der Waals surface area contributed by atoms with Crippen LogP contribution in [0.1, 0.15) is 34.9 Å². The Bertz CT molecular complexity index is 728. The first kappa shape index (κ1) is 17.7. The van der Waals surface area contributed by atoms with Crippen LogP contribution in [0.15, 0.2) is 54.6 Å². The van der Waals surface area contributed by atoms with Crippen molar-refractivity contribution in [2.75, 3.05) is 0 Å². The highest BCUT2D eigenvalue weighted by Crippen LogP contribution is 2.18. The quantitative estimate of drug-likeness (QED) is 0.617. The Kier molecular flexibility index (Phi) is 6.09. The van der Waals surface area contributed by atoms with Gasteiger partial charge in [0.25, 0.3) is 5.91 Å². The summed E-state index contributed by atoms with van der Waals surface area (Å²) >= 11 is 5.76. The van der Waals surface area contributed by atoms with Crippen molar-refractivity contribution >= 4 is 29.3 Å². The van der Waals surface area contributed by atoms with Gasteiger partial charge in [-0.1, -0.05) is 41.9 Å². The van der Waals surface area contributed by atoms with E-state index in [9.17, 15) is 14.4 Å². The Morgan fingerprint density at radius 1 is 0.958 bits per heavy atom. The first-order chi connectivity index (χ1) is 11.5. The lowest BCUT2D eigenvalue weighted by molar-refractivity contribution is -0.155. The molecule has 2 N–H and O–H groups in total. The van der Waals surface area contributed by atoms with Crippen LogP contribution in [0.2, 0.25) is 5.02 Å². The van der Waals surface area contributed by atoms with Gasteiger partial charge in [0.15, 0.2) is 5.78 Å². The zero-order valence-corrected chi connectivity index (χ0v) is 13.5. The van der Waals surface area contributed by atoms with Crippen molar-refractivity contribution in [1.82, 2.24) is 0 Å². The zero-order chi connectivity index (χ0) is 17.5. The molecule has 0 spiro atoms. The van der Waals surface area contributed by atoms with Crippen LogP contribution in [-0.2, 0) is 14.3 Å². The lowest BCUT2D eigenvalue weighted by Crippen LogP contribution is -2.26. The number of hydrogen-bond acceptors (Lipinski definition) is 4. The van der Waals surface area contributed by atoms with E-state index in [1.54, 1.807) is 54.6 Å². The van der Waals surface area contributed by atoms with Crippen molar-refractivity contribution in [3.05, 3.63) is 70.7 Å². The molecule has 1 amide bonds. The average molecular weight is 346 g/mol. The van der Waals surface area contributed by atoms with Gasteiger partial charge in [-0.15, -0.1) is 0 Å². The number of hydrogen-bond donors (Lipinski definition) is 1. The molecule has 0 unspecified atom stereocenters. The summed E-state index contributed by atoms with van der Waals surface area (Å²) in [5, 5.41) is 0.526. The van der Waals surface area contributed by atoms with Gasteiger partial charge in [-0.25, -0.2) is 0 Å². The Labute approximate surface area is 144 Å². The van der Waals surface area contributed by atoms with Crippen molar-refractivity contribution in [1.29, 1.82) is 0 Å². The molecule has 0 aliphatic rings. The number of esters is 1. The van der Waals surface area contributed by atoms with E-state index in [-0.39, 0.29) is 18.6 Å². The van der Waals surface area contributed by atoms with Crippen molar-refractivity contribution in [2.24, 2.45) is 5.73 Å². The van der Waals surface area contributed by atoms with E-state index in [2.05, 4.69) is 0 Å². The van der Waals surface area contributed by atoms with E-state index < -0.39 is 18.0 Å². The Morgan fingerprint density at radius 2 is 1.58 bits per heavy atom. The third-order valence-corrected chi connectivity index (χ3v) is 3.58. The van der Waals surface area contributed by atoms with E-state index in [1.807, 2.05) is 0 Å². The Morgan fingerprint density at radius 3 is 2.17 bits per heavy atom. The van der Waals surface area contributed by atoms with Gasteiger partial charge in [0.05, 0.1) is 6.42 Å². The van der Waals surface area contributed by atoms with Crippen LogP contribution < -0.4 is 5.73 Å². The maximum atomic E-state index is 12.0. The topological polar surface area (TPSA) is 86.5 Å². The van der Waals surface area contributed by atoms with Gasteiger partial charge in [-0.05, 0) is 24.3 Å². The first-order valence-corrected chi connectivity index (χ1v) is 7.67. The number of Topliss-reactive ketones (excluding diaryl/α,β-unsaturated/α-hetero) is 1.